The highest BCUT2D eigenvalue weighted by atomic mass is 32.2. The summed E-state index contributed by atoms with van der Waals surface area (Å²) >= 11 is 1.64. The quantitative estimate of drug-likeness (QED) is 0.614. The first-order valence-corrected chi connectivity index (χ1v) is 5.57. The molecule has 2 heteroatoms. The zero-order valence-electron chi connectivity index (χ0n) is 8.81. The van der Waals surface area contributed by atoms with E-state index in [-0.39, 0.29) is 0 Å². The smallest absolute Gasteiger partial charge is 0.0412 e. The van der Waals surface area contributed by atoms with Crippen LogP contribution in [0.1, 0.15) is 6.92 Å². The molecule has 0 spiro atoms. The third-order valence-electron chi connectivity index (χ3n) is 1.84. The van der Waals surface area contributed by atoms with E-state index < -0.39 is 0 Å². The first-order valence-electron chi connectivity index (χ1n) is 4.75. The van der Waals surface area contributed by atoms with Gasteiger partial charge in [-0.3, -0.25) is 0 Å². The van der Waals surface area contributed by atoms with Gasteiger partial charge >= 0.3 is 0 Å². The van der Waals surface area contributed by atoms with Crippen LogP contribution in [0.25, 0.3) is 0 Å². The van der Waals surface area contributed by atoms with Gasteiger partial charge in [0, 0.05) is 15.5 Å². The fourth-order valence-corrected chi connectivity index (χ4v) is 2.00. The van der Waals surface area contributed by atoms with E-state index in [9.17, 15) is 0 Å². The lowest BCUT2D eigenvalue weighted by molar-refractivity contribution is 1.37. The normalized spacial score (nSPS) is 12.6. The van der Waals surface area contributed by atoms with E-state index in [1.54, 1.807) is 17.8 Å². The van der Waals surface area contributed by atoms with Crippen LogP contribution in [0, 0.1) is 0 Å². The average Bonchev–Trinajstić information content (AvgIpc) is 2.29. The largest absolute Gasteiger partial charge is 0.398 e. The molecule has 1 rings (SSSR count). The fraction of sp³-hybridized carbons (Fsp3) is 0.0769. The Hall–Kier alpha value is -1.41. The summed E-state index contributed by atoms with van der Waals surface area (Å²) in [6, 6.07) is 10.1. The second kappa shape index (κ2) is 6.14. The highest BCUT2D eigenvalue weighted by molar-refractivity contribution is 8.03. The Morgan fingerprint density at radius 3 is 2.53 bits per heavy atom. The Morgan fingerprint density at radius 1 is 1.33 bits per heavy atom. The van der Waals surface area contributed by atoms with Crippen molar-refractivity contribution in [2.24, 2.45) is 5.73 Å². The van der Waals surface area contributed by atoms with Gasteiger partial charge in [0.1, 0.15) is 0 Å². The molecule has 0 fully saturated rings. The lowest BCUT2D eigenvalue weighted by Gasteiger charge is -2.06. The van der Waals surface area contributed by atoms with E-state index in [1.807, 2.05) is 37.3 Å². The molecule has 0 saturated carbocycles. The molecule has 0 atom stereocenters. The van der Waals surface area contributed by atoms with E-state index in [0.717, 1.165) is 10.6 Å². The van der Waals surface area contributed by atoms with Crippen LogP contribution in [0.4, 0.5) is 0 Å². The first-order chi connectivity index (χ1) is 7.27. The second-order valence-corrected chi connectivity index (χ2v) is 4.04. The monoisotopic (exact) mass is 217 g/mol. The summed E-state index contributed by atoms with van der Waals surface area (Å²) in [7, 11) is 0. The number of thioether (sulfide) groups is 1. The van der Waals surface area contributed by atoms with Crippen LogP contribution in [0.3, 0.4) is 0 Å². The Labute approximate surface area is 95.4 Å². The number of nitrogens with two attached hydrogens (primary N) is 1. The molecule has 78 valence electrons. The molecule has 0 aromatic heterocycles. The second-order valence-electron chi connectivity index (χ2n) is 2.93. The maximum absolute atomic E-state index is 5.88. The molecule has 0 saturated heterocycles. The third kappa shape index (κ3) is 3.68. The van der Waals surface area contributed by atoms with Crippen LogP contribution in [0.15, 0.2) is 70.6 Å². The van der Waals surface area contributed by atoms with Crippen molar-refractivity contribution in [2.45, 2.75) is 11.8 Å². The summed E-state index contributed by atoms with van der Waals surface area (Å²) in [6.45, 7) is 5.61. The molecule has 1 nitrogen and oxygen atoms in total. The molecule has 0 heterocycles. The number of hydrogen-bond acceptors (Lipinski definition) is 2. The molecule has 0 bridgehead atoms. The van der Waals surface area contributed by atoms with Crippen molar-refractivity contribution in [1.82, 2.24) is 0 Å². The fourth-order valence-electron chi connectivity index (χ4n) is 1.05. The van der Waals surface area contributed by atoms with E-state index in [1.165, 1.54) is 4.90 Å². The SMILES string of the molecule is C=C/C=C(Sc1ccccc1)\C(N)=C/C. The van der Waals surface area contributed by atoms with Crippen molar-refractivity contribution in [2.75, 3.05) is 0 Å². The van der Waals surface area contributed by atoms with Gasteiger partial charge in [-0.15, -0.1) is 0 Å². The summed E-state index contributed by atoms with van der Waals surface area (Å²) in [6.07, 6.45) is 5.57. The van der Waals surface area contributed by atoms with Crippen molar-refractivity contribution in [1.29, 1.82) is 0 Å². The molecule has 0 amide bonds. The number of benzene rings is 1. The molecule has 0 aliphatic rings. The average molecular weight is 217 g/mol. The molecule has 0 radical (unpaired) electrons. The van der Waals surface area contributed by atoms with Gasteiger partial charge in [0.2, 0.25) is 0 Å². The van der Waals surface area contributed by atoms with Crippen molar-refractivity contribution in [3.05, 3.63) is 65.7 Å². The summed E-state index contributed by atoms with van der Waals surface area (Å²) in [5.74, 6) is 0. The van der Waals surface area contributed by atoms with Crippen LogP contribution >= 0.6 is 11.8 Å². The third-order valence-corrected chi connectivity index (χ3v) is 2.94. The summed E-state index contributed by atoms with van der Waals surface area (Å²) < 4.78 is 0. The molecule has 0 aliphatic heterocycles. The van der Waals surface area contributed by atoms with E-state index in [4.69, 9.17) is 5.73 Å². The first kappa shape index (κ1) is 11.7. The number of allylic oxidation sites excluding steroid dienone is 3. The van der Waals surface area contributed by atoms with Gasteiger partial charge in [0.15, 0.2) is 0 Å². The van der Waals surface area contributed by atoms with Crippen molar-refractivity contribution < 1.29 is 0 Å². The van der Waals surface area contributed by atoms with Gasteiger partial charge in [-0.1, -0.05) is 48.7 Å². The van der Waals surface area contributed by atoms with Gasteiger partial charge in [-0.2, -0.15) is 0 Å². The van der Waals surface area contributed by atoms with E-state index in [0.29, 0.717) is 0 Å². The lowest BCUT2D eigenvalue weighted by Crippen LogP contribution is -1.97. The van der Waals surface area contributed by atoms with Crippen molar-refractivity contribution >= 4 is 11.8 Å². The van der Waals surface area contributed by atoms with Gasteiger partial charge in [0.05, 0.1) is 0 Å². The summed E-state index contributed by atoms with van der Waals surface area (Å²) in [5, 5.41) is 0. The Morgan fingerprint density at radius 2 is 2.00 bits per heavy atom. The van der Waals surface area contributed by atoms with Crippen LogP contribution in [0.2, 0.25) is 0 Å². The molecule has 1 aromatic carbocycles. The minimum Gasteiger partial charge on any atom is -0.398 e. The maximum Gasteiger partial charge on any atom is 0.0412 e. The molecule has 0 aliphatic carbocycles. The maximum atomic E-state index is 5.88. The molecule has 2 N–H and O–H groups in total. The molecular weight excluding hydrogens is 202 g/mol. The van der Waals surface area contributed by atoms with Crippen LogP contribution in [0.5, 0.6) is 0 Å². The minimum absolute atomic E-state index is 0.781. The number of hydrogen-bond donors (Lipinski definition) is 1. The Balaban J connectivity index is 2.86. The highest BCUT2D eigenvalue weighted by Crippen LogP contribution is 2.29. The van der Waals surface area contributed by atoms with E-state index in [2.05, 4.69) is 18.7 Å². The highest BCUT2D eigenvalue weighted by Gasteiger charge is 2.01. The summed E-state index contributed by atoms with van der Waals surface area (Å²) in [4.78, 5) is 2.20. The van der Waals surface area contributed by atoms with Gasteiger partial charge in [0.25, 0.3) is 0 Å². The van der Waals surface area contributed by atoms with Crippen molar-refractivity contribution in [3.63, 3.8) is 0 Å². The predicted octanol–water partition coefficient (Wildman–Crippen LogP) is 3.71. The zero-order valence-corrected chi connectivity index (χ0v) is 9.63. The minimum atomic E-state index is 0.781. The Kier molecular flexibility index (Phi) is 4.78. The van der Waals surface area contributed by atoms with Gasteiger partial charge in [-0.05, 0) is 25.1 Å². The molecule has 1 aromatic rings. The lowest BCUT2D eigenvalue weighted by atomic mass is 10.3. The van der Waals surface area contributed by atoms with Crippen LogP contribution < -0.4 is 5.73 Å². The zero-order chi connectivity index (χ0) is 11.1. The van der Waals surface area contributed by atoms with Gasteiger partial charge in [-0.25, -0.2) is 0 Å². The van der Waals surface area contributed by atoms with Gasteiger partial charge < -0.3 is 5.73 Å². The Bertz CT molecular complexity index is 377. The number of rotatable bonds is 4. The molecular formula is C13H15NS. The topological polar surface area (TPSA) is 26.0 Å². The van der Waals surface area contributed by atoms with Crippen molar-refractivity contribution in [3.8, 4) is 0 Å². The summed E-state index contributed by atoms with van der Waals surface area (Å²) in [5.41, 5.74) is 6.66. The molecule has 15 heavy (non-hydrogen) atoms. The van der Waals surface area contributed by atoms with Crippen LogP contribution in [-0.2, 0) is 0 Å². The van der Waals surface area contributed by atoms with E-state index >= 15 is 0 Å². The predicted molar refractivity (Wildman–Crippen MR) is 68.5 cm³/mol. The standard InChI is InChI=1S/C13H15NS/c1-3-8-13(12(14)4-2)15-11-9-6-5-7-10-11/h3-10H,1,14H2,2H3/b12-4+,13-8+. The van der Waals surface area contributed by atoms with Crippen LogP contribution in [-0.4, -0.2) is 0 Å². The molecule has 0 unspecified atom stereocenters.